The fourth-order valence-electron chi connectivity index (χ4n) is 8.48. The van der Waals surface area contributed by atoms with Crippen LogP contribution in [0.2, 0.25) is 0 Å². The summed E-state index contributed by atoms with van der Waals surface area (Å²) in [6.07, 6.45) is 16.2. The van der Waals surface area contributed by atoms with E-state index in [1.165, 1.54) is 16.7 Å². The molecule has 0 N–H and O–H groups in total. The lowest BCUT2D eigenvalue weighted by molar-refractivity contribution is -0.196. The SMILES string of the molecule is CC1C2(C)[C]C3=Cc4ccccc4C(C)C3(C)C2(C)C(C)C2(C)C=CC=CC12C. The second-order valence-electron chi connectivity index (χ2n) is 11.4. The summed E-state index contributed by atoms with van der Waals surface area (Å²) in [5.74, 6) is 1.50. The molecule has 29 heavy (non-hydrogen) atoms. The zero-order valence-corrected chi connectivity index (χ0v) is 19.4. The molecule has 0 spiro atoms. The molecule has 5 rings (SSSR count). The minimum Gasteiger partial charge on any atom is -0.0774 e. The average Bonchev–Trinajstić information content (AvgIpc) is 2.89. The maximum absolute atomic E-state index is 4.18. The Bertz CT molecular complexity index is 978. The van der Waals surface area contributed by atoms with Crippen LogP contribution in [0.25, 0.3) is 6.08 Å². The minimum atomic E-state index is 0.0209. The third-order valence-electron chi connectivity index (χ3n) is 11.4. The van der Waals surface area contributed by atoms with Gasteiger partial charge in [0.1, 0.15) is 0 Å². The van der Waals surface area contributed by atoms with E-state index in [2.05, 4.69) is 116 Å². The molecule has 2 radical (unpaired) electrons. The van der Waals surface area contributed by atoms with Gasteiger partial charge in [-0.3, -0.25) is 0 Å². The van der Waals surface area contributed by atoms with E-state index in [1.54, 1.807) is 0 Å². The van der Waals surface area contributed by atoms with E-state index in [4.69, 9.17) is 0 Å². The summed E-state index contributed by atoms with van der Waals surface area (Å²) in [5.41, 5.74) is 4.81. The summed E-state index contributed by atoms with van der Waals surface area (Å²) >= 11 is 0. The largest absolute Gasteiger partial charge is 0.0774 e. The topological polar surface area (TPSA) is 0 Å². The van der Waals surface area contributed by atoms with Gasteiger partial charge in [0.15, 0.2) is 0 Å². The van der Waals surface area contributed by atoms with Crippen molar-refractivity contribution in [2.75, 3.05) is 0 Å². The first-order valence-corrected chi connectivity index (χ1v) is 11.4. The molecule has 2 saturated carbocycles. The quantitative estimate of drug-likeness (QED) is 0.429. The lowest BCUT2D eigenvalue weighted by Gasteiger charge is -2.71. The lowest BCUT2D eigenvalue weighted by atomic mass is 9.32. The standard InChI is InChI=1S/C29H36/c1-19-24-14-10-9-13-22(24)17-23-18-27(6)20(2)25(4)15-11-12-16-26(25,5)21(3)29(27,8)28(19,23)7/h9-17,19-21H,1-8H3. The van der Waals surface area contributed by atoms with E-state index >= 15 is 0 Å². The van der Waals surface area contributed by atoms with Crippen molar-refractivity contribution in [3.8, 4) is 0 Å². The van der Waals surface area contributed by atoms with Crippen LogP contribution < -0.4 is 0 Å². The average molecular weight is 385 g/mol. The van der Waals surface area contributed by atoms with Crippen LogP contribution in [0.5, 0.6) is 0 Å². The summed E-state index contributed by atoms with van der Waals surface area (Å²) in [6.45, 7) is 20.2. The van der Waals surface area contributed by atoms with Crippen LogP contribution in [-0.2, 0) is 0 Å². The van der Waals surface area contributed by atoms with Gasteiger partial charge in [-0.1, -0.05) is 116 Å². The Morgan fingerprint density at radius 1 is 0.793 bits per heavy atom. The molecule has 0 saturated heterocycles. The summed E-state index contributed by atoms with van der Waals surface area (Å²) in [6, 6.07) is 9.02. The van der Waals surface area contributed by atoms with Crippen LogP contribution in [0.4, 0.5) is 0 Å². The number of hydrogen-bond acceptors (Lipinski definition) is 0. The van der Waals surface area contributed by atoms with Crippen LogP contribution in [0.3, 0.4) is 0 Å². The van der Waals surface area contributed by atoms with Gasteiger partial charge in [0.05, 0.1) is 0 Å². The predicted octanol–water partition coefficient (Wildman–Crippen LogP) is 7.73. The van der Waals surface area contributed by atoms with Crippen molar-refractivity contribution in [3.05, 3.63) is 71.7 Å². The maximum Gasteiger partial charge on any atom is 0.0200 e. The van der Waals surface area contributed by atoms with Crippen molar-refractivity contribution in [1.29, 1.82) is 0 Å². The first-order valence-electron chi connectivity index (χ1n) is 11.4. The molecule has 8 atom stereocenters. The molecule has 0 amide bonds. The normalized spacial score (nSPS) is 52.3. The van der Waals surface area contributed by atoms with Crippen molar-refractivity contribution in [1.82, 2.24) is 0 Å². The second kappa shape index (κ2) is 5.37. The first-order chi connectivity index (χ1) is 13.5. The van der Waals surface area contributed by atoms with Crippen molar-refractivity contribution in [3.63, 3.8) is 0 Å². The molecule has 2 fully saturated rings. The predicted molar refractivity (Wildman–Crippen MR) is 123 cm³/mol. The molecule has 0 heteroatoms. The highest BCUT2D eigenvalue weighted by molar-refractivity contribution is 5.68. The van der Waals surface area contributed by atoms with Gasteiger partial charge in [0.2, 0.25) is 0 Å². The Morgan fingerprint density at radius 2 is 1.38 bits per heavy atom. The maximum atomic E-state index is 4.18. The molecule has 8 unspecified atom stereocenters. The molecule has 4 aliphatic rings. The molecule has 1 aromatic rings. The third kappa shape index (κ3) is 1.77. The number of hydrogen-bond donors (Lipinski definition) is 0. The van der Waals surface area contributed by atoms with Crippen molar-refractivity contribution >= 4 is 6.08 Å². The molecule has 0 nitrogen and oxygen atoms in total. The monoisotopic (exact) mass is 384 g/mol. The molecular formula is C29H36. The van der Waals surface area contributed by atoms with Crippen molar-refractivity contribution in [2.45, 2.75) is 61.3 Å². The first kappa shape index (κ1) is 19.4. The van der Waals surface area contributed by atoms with Gasteiger partial charge in [0, 0.05) is 11.8 Å². The Labute approximate surface area is 178 Å². The van der Waals surface area contributed by atoms with E-state index in [0.717, 1.165) is 0 Å². The molecule has 4 aliphatic carbocycles. The van der Waals surface area contributed by atoms with E-state index < -0.39 is 0 Å². The van der Waals surface area contributed by atoms with Gasteiger partial charge < -0.3 is 0 Å². The summed E-state index contributed by atoms with van der Waals surface area (Å²) in [5, 5.41) is 0. The van der Waals surface area contributed by atoms with Gasteiger partial charge in [-0.05, 0) is 50.5 Å². The van der Waals surface area contributed by atoms with Crippen LogP contribution in [0.15, 0.2) is 54.1 Å². The van der Waals surface area contributed by atoms with E-state index in [9.17, 15) is 0 Å². The zero-order chi connectivity index (χ0) is 21.0. The Kier molecular flexibility index (Phi) is 3.59. The number of rotatable bonds is 0. The van der Waals surface area contributed by atoms with Crippen LogP contribution in [0, 0.1) is 45.3 Å². The van der Waals surface area contributed by atoms with Gasteiger partial charge in [-0.25, -0.2) is 0 Å². The fourth-order valence-corrected chi connectivity index (χ4v) is 8.48. The highest BCUT2D eigenvalue weighted by Crippen LogP contribution is 2.82. The van der Waals surface area contributed by atoms with Gasteiger partial charge in [-0.2, -0.15) is 0 Å². The van der Waals surface area contributed by atoms with Gasteiger partial charge >= 0.3 is 0 Å². The number of fused-ring (bicyclic) bond motifs is 5. The molecule has 0 aliphatic heterocycles. The Morgan fingerprint density at radius 3 is 2.03 bits per heavy atom. The van der Waals surface area contributed by atoms with Crippen LogP contribution in [-0.4, -0.2) is 0 Å². The Hall–Kier alpha value is -1.56. The second-order valence-corrected chi connectivity index (χ2v) is 11.4. The summed E-state index contributed by atoms with van der Waals surface area (Å²) in [7, 11) is 0. The van der Waals surface area contributed by atoms with Gasteiger partial charge in [0.25, 0.3) is 0 Å². The Balaban J connectivity index is 1.80. The van der Waals surface area contributed by atoms with Crippen LogP contribution in [0.1, 0.15) is 72.4 Å². The summed E-state index contributed by atoms with van der Waals surface area (Å²) < 4.78 is 0. The molecule has 152 valence electrons. The zero-order valence-electron chi connectivity index (χ0n) is 19.4. The van der Waals surface area contributed by atoms with Crippen LogP contribution >= 0.6 is 0 Å². The van der Waals surface area contributed by atoms with E-state index in [0.29, 0.717) is 17.8 Å². The molecule has 1 aromatic carbocycles. The minimum absolute atomic E-state index is 0.0209. The third-order valence-corrected chi connectivity index (χ3v) is 11.4. The van der Waals surface area contributed by atoms with E-state index in [-0.39, 0.29) is 27.1 Å². The van der Waals surface area contributed by atoms with E-state index in [1.807, 2.05) is 0 Å². The molecular weight excluding hydrogens is 348 g/mol. The molecule has 0 aromatic heterocycles. The molecule has 0 bridgehead atoms. The highest BCUT2D eigenvalue weighted by atomic mass is 14.8. The number of benzene rings is 1. The number of allylic oxidation sites excluding steroid dienone is 5. The van der Waals surface area contributed by atoms with Gasteiger partial charge in [-0.15, -0.1) is 0 Å². The fraction of sp³-hybridized carbons (Fsp3) is 0.552. The summed E-state index contributed by atoms with van der Waals surface area (Å²) in [4.78, 5) is 0. The van der Waals surface area contributed by atoms with Crippen molar-refractivity contribution in [2.24, 2.45) is 38.9 Å². The lowest BCUT2D eigenvalue weighted by Crippen LogP contribution is -2.66. The highest BCUT2D eigenvalue weighted by Gasteiger charge is 2.76. The smallest absolute Gasteiger partial charge is 0.0200 e. The van der Waals surface area contributed by atoms with Crippen molar-refractivity contribution < 1.29 is 0 Å². The molecule has 0 heterocycles.